The van der Waals surface area contributed by atoms with Gasteiger partial charge in [-0.2, -0.15) is 0 Å². The molecule has 0 bridgehead atoms. The number of benzene rings is 2. The highest BCUT2D eigenvalue weighted by molar-refractivity contribution is 6.97. The third-order valence-electron chi connectivity index (χ3n) is 7.56. The van der Waals surface area contributed by atoms with Gasteiger partial charge in [-0.05, 0) is 77.4 Å². The first-order valence-corrected chi connectivity index (χ1v) is 13.4. The number of hydrogen-bond donors (Lipinski definition) is 0. The van der Waals surface area contributed by atoms with Crippen molar-refractivity contribution in [2.75, 3.05) is 0 Å². The van der Waals surface area contributed by atoms with Gasteiger partial charge in [0.25, 0.3) is 6.71 Å². The molecule has 4 heteroatoms. The molecule has 0 fully saturated rings. The van der Waals surface area contributed by atoms with Gasteiger partial charge in [-0.25, -0.2) is 4.98 Å². The number of fused-ring (bicyclic) bond motifs is 3. The lowest BCUT2D eigenvalue weighted by Crippen LogP contribution is -2.52. The monoisotopic (exact) mass is 478 g/mol. The Bertz CT molecular complexity index is 1390. The van der Waals surface area contributed by atoms with Gasteiger partial charge < -0.3 is 8.98 Å². The van der Waals surface area contributed by atoms with Crippen molar-refractivity contribution in [3.05, 3.63) is 76.7 Å². The minimum Gasteiger partial charge on any atom is -0.458 e. The Morgan fingerprint density at radius 1 is 0.944 bits per heavy atom. The summed E-state index contributed by atoms with van der Waals surface area (Å²) >= 11 is 0. The molecular weight excluding hydrogens is 439 g/mol. The van der Waals surface area contributed by atoms with Crippen LogP contribution in [0.2, 0.25) is 0 Å². The second-order valence-corrected chi connectivity index (χ2v) is 12.4. The molecule has 1 aliphatic heterocycles. The number of rotatable bonds is 5. The van der Waals surface area contributed by atoms with Crippen molar-refractivity contribution in [1.29, 1.82) is 0 Å². The van der Waals surface area contributed by atoms with Crippen LogP contribution in [0.15, 0.2) is 53.1 Å². The number of aromatic nitrogens is 2. The molecule has 0 saturated heterocycles. The van der Waals surface area contributed by atoms with Gasteiger partial charge in [0.15, 0.2) is 11.6 Å². The first-order chi connectivity index (χ1) is 17.0. The molecule has 0 saturated carbocycles. The van der Waals surface area contributed by atoms with E-state index in [0.29, 0.717) is 11.8 Å². The standard InChI is InChI=1S/C32H39BN2O/c1-19(2)24-11-10-12-25(20(3)4)30(24)33-26-16-23(17-32(7,8)9)13-14-27(26)35-29(33)18-34-31(35)28-15-21(5)22(6)36-28/h10-16,18-20H,17H2,1-9H3. The third-order valence-corrected chi connectivity index (χ3v) is 7.56. The Kier molecular flexibility index (Phi) is 6.05. The molecule has 1 aliphatic rings. The fourth-order valence-electron chi connectivity index (χ4n) is 5.84. The van der Waals surface area contributed by atoms with Crippen LogP contribution in [0.5, 0.6) is 0 Å². The van der Waals surface area contributed by atoms with Crippen LogP contribution >= 0.6 is 0 Å². The molecule has 0 amide bonds. The summed E-state index contributed by atoms with van der Waals surface area (Å²) < 4.78 is 8.52. The van der Waals surface area contributed by atoms with Gasteiger partial charge in [0.1, 0.15) is 5.76 Å². The SMILES string of the molecule is Cc1cc(-c2ncc3n2-c2ccc(CC(C)(C)C)cc2B3c2c(C(C)C)cccc2C(C)C)oc1C. The van der Waals surface area contributed by atoms with Crippen molar-refractivity contribution < 1.29 is 4.42 Å². The van der Waals surface area contributed by atoms with Crippen molar-refractivity contribution in [2.24, 2.45) is 5.41 Å². The molecule has 3 heterocycles. The van der Waals surface area contributed by atoms with Crippen LogP contribution in [0.1, 0.15) is 88.3 Å². The van der Waals surface area contributed by atoms with E-state index in [1.165, 1.54) is 38.9 Å². The van der Waals surface area contributed by atoms with Gasteiger partial charge >= 0.3 is 0 Å². The zero-order chi connectivity index (χ0) is 25.9. The first-order valence-electron chi connectivity index (χ1n) is 13.4. The molecule has 2 aromatic heterocycles. The Balaban J connectivity index is 1.80. The van der Waals surface area contributed by atoms with Crippen LogP contribution in [0, 0.1) is 19.3 Å². The highest BCUT2D eigenvalue weighted by Crippen LogP contribution is 2.30. The van der Waals surface area contributed by atoms with Crippen LogP contribution < -0.4 is 16.5 Å². The minimum atomic E-state index is 0.148. The number of aryl methyl sites for hydroxylation is 2. The highest BCUT2D eigenvalue weighted by Gasteiger charge is 2.40. The first kappa shape index (κ1) is 24.7. The van der Waals surface area contributed by atoms with E-state index in [4.69, 9.17) is 9.40 Å². The molecule has 0 spiro atoms. The molecule has 36 heavy (non-hydrogen) atoms. The quantitative estimate of drug-likeness (QED) is 0.273. The molecule has 4 aromatic rings. The van der Waals surface area contributed by atoms with Gasteiger partial charge in [-0.3, -0.25) is 0 Å². The Morgan fingerprint density at radius 2 is 1.61 bits per heavy atom. The van der Waals surface area contributed by atoms with Gasteiger partial charge in [0.05, 0.1) is 0 Å². The maximum Gasteiger partial charge on any atom is 0.268 e. The number of furan rings is 1. The average molecular weight is 478 g/mol. The van der Waals surface area contributed by atoms with Crippen molar-refractivity contribution in [3.63, 3.8) is 0 Å². The molecule has 0 atom stereocenters. The fraction of sp³-hybridized carbons (Fsp3) is 0.406. The summed E-state index contributed by atoms with van der Waals surface area (Å²) in [5, 5.41) is 0. The summed E-state index contributed by atoms with van der Waals surface area (Å²) in [6, 6.07) is 16.1. The van der Waals surface area contributed by atoms with E-state index in [-0.39, 0.29) is 12.1 Å². The lowest BCUT2D eigenvalue weighted by Gasteiger charge is -2.24. The predicted molar refractivity (Wildman–Crippen MR) is 153 cm³/mol. The van der Waals surface area contributed by atoms with Crippen molar-refractivity contribution >= 4 is 23.2 Å². The molecule has 186 valence electrons. The van der Waals surface area contributed by atoms with E-state index >= 15 is 0 Å². The van der Waals surface area contributed by atoms with Crippen LogP contribution in [-0.4, -0.2) is 16.3 Å². The summed E-state index contributed by atoms with van der Waals surface area (Å²) in [5.74, 6) is 3.55. The van der Waals surface area contributed by atoms with E-state index in [9.17, 15) is 0 Å². The Morgan fingerprint density at radius 3 is 2.17 bits per heavy atom. The third kappa shape index (κ3) is 4.15. The lowest BCUT2D eigenvalue weighted by molar-refractivity contribution is 0.411. The molecule has 0 aliphatic carbocycles. The topological polar surface area (TPSA) is 31.0 Å². The molecule has 3 nitrogen and oxygen atoms in total. The van der Waals surface area contributed by atoms with Gasteiger partial charge in [0.2, 0.25) is 0 Å². The molecule has 0 unspecified atom stereocenters. The second-order valence-electron chi connectivity index (χ2n) is 12.4. The van der Waals surface area contributed by atoms with Crippen molar-refractivity contribution in [1.82, 2.24) is 9.55 Å². The summed E-state index contributed by atoms with van der Waals surface area (Å²) in [6.45, 7) is 20.5. The lowest BCUT2D eigenvalue weighted by atomic mass is 9.37. The van der Waals surface area contributed by atoms with E-state index in [1.54, 1.807) is 0 Å². The largest absolute Gasteiger partial charge is 0.458 e. The van der Waals surface area contributed by atoms with Gasteiger partial charge in [0, 0.05) is 17.5 Å². The van der Waals surface area contributed by atoms with E-state index < -0.39 is 0 Å². The fourth-order valence-corrected chi connectivity index (χ4v) is 5.84. The molecule has 0 N–H and O–H groups in total. The molecule has 2 aromatic carbocycles. The van der Waals surface area contributed by atoms with Crippen LogP contribution in [0.3, 0.4) is 0 Å². The Hall–Kier alpha value is -3.01. The number of imidazole rings is 1. The van der Waals surface area contributed by atoms with E-state index in [0.717, 1.165) is 29.3 Å². The number of hydrogen-bond acceptors (Lipinski definition) is 2. The summed E-state index contributed by atoms with van der Waals surface area (Å²) in [7, 11) is 0. The van der Waals surface area contributed by atoms with Crippen LogP contribution in [-0.2, 0) is 6.42 Å². The number of nitrogens with zero attached hydrogens (tertiary/aromatic N) is 2. The average Bonchev–Trinajstić information content (AvgIpc) is 3.44. The van der Waals surface area contributed by atoms with Gasteiger partial charge in [-0.15, -0.1) is 0 Å². The summed E-state index contributed by atoms with van der Waals surface area (Å²) in [4.78, 5) is 4.94. The zero-order valence-corrected chi connectivity index (χ0v) is 23.4. The van der Waals surface area contributed by atoms with Crippen molar-refractivity contribution in [2.45, 2.75) is 80.6 Å². The van der Waals surface area contributed by atoms with E-state index in [2.05, 4.69) is 109 Å². The van der Waals surface area contributed by atoms with Gasteiger partial charge in [-0.1, -0.05) is 84.3 Å². The Labute approximate surface area is 217 Å². The zero-order valence-electron chi connectivity index (χ0n) is 23.4. The molecule has 5 rings (SSSR count). The normalized spacial score (nSPS) is 13.1. The smallest absolute Gasteiger partial charge is 0.268 e. The maximum atomic E-state index is 6.17. The van der Waals surface area contributed by atoms with Crippen LogP contribution in [0.25, 0.3) is 17.3 Å². The van der Waals surface area contributed by atoms with Crippen LogP contribution in [0.4, 0.5) is 0 Å². The predicted octanol–water partition coefficient (Wildman–Crippen LogP) is 6.41. The van der Waals surface area contributed by atoms with E-state index in [1.807, 2.05) is 6.92 Å². The second kappa shape index (κ2) is 8.83. The minimum absolute atomic E-state index is 0.148. The summed E-state index contributed by atoms with van der Waals surface area (Å²) in [6.07, 6.45) is 3.13. The summed E-state index contributed by atoms with van der Waals surface area (Å²) in [5.41, 5.74) is 10.9. The highest BCUT2D eigenvalue weighted by atomic mass is 16.3. The molecule has 0 radical (unpaired) electrons. The maximum absolute atomic E-state index is 6.17. The van der Waals surface area contributed by atoms with Crippen molar-refractivity contribution in [3.8, 4) is 17.3 Å². The molecular formula is C32H39BN2O.